The highest BCUT2D eigenvalue weighted by molar-refractivity contribution is 5.79. The quantitative estimate of drug-likeness (QED) is 0.210. The van der Waals surface area contributed by atoms with Gasteiger partial charge >= 0.3 is 0 Å². The molecule has 0 aliphatic rings. The molecular formula is C12H27N3O. The van der Waals surface area contributed by atoms with Crippen LogP contribution in [0.1, 0.15) is 52.9 Å². The molecule has 0 spiro atoms. The Morgan fingerprint density at radius 2 is 1.94 bits per heavy atom. The van der Waals surface area contributed by atoms with Gasteiger partial charge in [-0.3, -0.25) is 0 Å². The lowest BCUT2D eigenvalue weighted by Gasteiger charge is -2.26. The van der Waals surface area contributed by atoms with E-state index in [4.69, 9.17) is 10.9 Å². The molecule has 0 aromatic rings. The summed E-state index contributed by atoms with van der Waals surface area (Å²) in [5, 5.41) is 11.5. The van der Waals surface area contributed by atoms with Gasteiger partial charge in [-0.05, 0) is 26.8 Å². The first-order valence-corrected chi connectivity index (χ1v) is 6.32. The maximum Gasteiger partial charge on any atom is 0.140 e. The van der Waals surface area contributed by atoms with Crippen LogP contribution in [0.15, 0.2) is 5.16 Å². The third-order valence-corrected chi connectivity index (χ3v) is 2.81. The zero-order chi connectivity index (χ0) is 12.4. The molecule has 0 radical (unpaired) electrons. The van der Waals surface area contributed by atoms with Gasteiger partial charge in [-0.1, -0.05) is 31.3 Å². The largest absolute Gasteiger partial charge is 0.409 e. The van der Waals surface area contributed by atoms with Gasteiger partial charge in [0.05, 0.1) is 0 Å². The first-order valence-electron chi connectivity index (χ1n) is 6.32. The fourth-order valence-electron chi connectivity index (χ4n) is 1.68. The zero-order valence-electron chi connectivity index (χ0n) is 10.9. The van der Waals surface area contributed by atoms with Crippen molar-refractivity contribution in [2.45, 2.75) is 58.9 Å². The SMILES string of the molecule is CCCCCCN(CCC(N)=NO)C(C)C. The molecule has 0 atom stereocenters. The molecule has 0 aliphatic heterocycles. The van der Waals surface area contributed by atoms with Crippen LogP contribution in [0, 0.1) is 0 Å². The monoisotopic (exact) mass is 229 g/mol. The summed E-state index contributed by atoms with van der Waals surface area (Å²) in [5.74, 6) is 0.319. The highest BCUT2D eigenvalue weighted by Crippen LogP contribution is 2.05. The minimum absolute atomic E-state index is 0.319. The molecule has 0 amide bonds. The van der Waals surface area contributed by atoms with E-state index in [0.29, 0.717) is 18.3 Å². The number of hydrogen-bond donors (Lipinski definition) is 2. The zero-order valence-corrected chi connectivity index (χ0v) is 10.9. The van der Waals surface area contributed by atoms with Crippen molar-refractivity contribution in [1.29, 1.82) is 0 Å². The van der Waals surface area contributed by atoms with Crippen LogP contribution in [-0.4, -0.2) is 35.1 Å². The minimum atomic E-state index is 0.319. The third kappa shape index (κ3) is 7.51. The number of rotatable bonds is 9. The van der Waals surface area contributed by atoms with Crippen molar-refractivity contribution >= 4 is 5.84 Å². The molecule has 16 heavy (non-hydrogen) atoms. The Morgan fingerprint density at radius 3 is 2.44 bits per heavy atom. The number of hydrogen-bond acceptors (Lipinski definition) is 3. The van der Waals surface area contributed by atoms with Crippen molar-refractivity contribution in [3.63, 3.8) is 0 Å². The summed E-state index contributed by atoms with van der Waals surface area (Å²) in [6.07, 6.45) is 5.76. The molecule has 96 valence electrons. The fourth-order valence-corrected chi connectivity index (χ4v) is 1.68. The summed E-state index contributed by atoms with van der Waals surface area (Å²) in [6.45, 7) is 8.58. The normalized spacial score (nSPS) is 12.7. The maximum absolute atomic E-state index is 8.48. The molecule has 0 aliphatic carbocycles. The van der Waals surface area contributed by atoms with Crippen molar-refractivity contribution in [2.75, 3.05) is 13.1 Å². The Labute approximate surface area is 99.5 Å². The van der Waals surface area contributed by atoms with Crippen LogP contribution in [0.5, 0.6) is 0 Å². The number of oxime groups is 1. The molecule has 0 saturated carbocycles. The summed E-state index contributed by atoms with van der Waals surface area (Å²) in [4.78, 5) is 2.38. The van der Waals surface area contributed by atoms with Gasteiger partial charge < -0.3 is 15.8 Å². The van der Waals surface area contributed by atoms with E-state index >= 15 is 0 Å². The van der Waals surface area contributed by atoms with E-state index in [1.807, 2.05) is 0 Å². The second-order valence-corrected chi connectivity index (χ2v) is 4.53. The van der Waals surface area contributed by atoms with Crippen LogP contribution >= 0.6 is 0 Å². The molecule has 0 saturated heterocycles. The molecule has 3 N–H and O–H groups in total. The molecule has 0 heterocycles. The van der Waals surface area contributed by atoms with E-state index in [9.17, 15) is 0 Å². The third-order valence-electron chi connectivity index (χ3n) is 2.81. The molecule has 0 aromatic carbocycles. The molecule has 0 unspecified atom stereocenters. The number of unbranched alkanes of at least 4 members (excludes halogenated alkanes) is 3. The van der Waals surface area contributed by atoms with Gasteiger partial charge in [-0.25, -0.2) is 0 Å². The maximum atomic E-state index is 8.48. The first kappa shape index (κ1) is 15.2. The average Bonchev–Trinajstić information content (AvgIpc) is 2.27. The highest BCUT2D eigenvalue weighted by Gasteiger charge is 2.09. The lowest BCUT2D eigenvalue weighted by molar-refractivity contribution is 0.221. The van der Waals surface area contributed by atoms with Crippen molar-refractivity contribution in [3.05, 3.63) is 0 Å². The second kappa shape index (κ2) is 9.46. The van der Waals surface area contributed by atoms with E-state index in [2.05, 4.69) is 30.8 Å². The lowest BCUT2D eigenvalue weighted by atomic mass is 10.2. The standard InChI is InChI=1S/C12H27N3O/c1-4-5-6-7-9-15(11(2)3)10-8-12(13)14-16/h11,16H,4-10H2,1-3H3,(H2,13,14). The average molecular weight is 229 g/mol. The molecule has 0 aromatic heterocycles. The second-order valence-electron chi connectivity index (χ2n) is 4.53. The van der Waals surface area contributed by atoms with E-state index in [1.54, 1.807) is 0 Å². The molecule has 4 heteroatoms. The Morgan fingerprint density at radius 1 is 1.25 bits per heavy atom. The minimum Gasteiger partial charge on any atom is -0.409 e. The van der Waals surface area contributed by atoms with Gasteiger partial charge in [-0.15, -0.1) is 0 Å². The van der Waals surface area contributed by atoms with E-state index in [-0.39, 0.29) is 0 Å². The number of nitrogens with two attached hydrogens (primary N) is 1. The van der Waals surface area contributed by atoms with Crippen molar-refractivity contribution < 1.29 is 5.21 Å². The predicted molar refractivity (Wildman–Crippen MR) is 68.9 cm³/mol. The van der Waals surface area contributed by atoms with Crippen molar-refractivity contribution in [2.24, 2.45) is 10.9 Å². The van der Waals surface area contributed by atoms with Crippen LogP contribution in [0.2, 0.25) is 0 Å². The Balaban J connectivity index is 3.80. The van der Waals surface area contributed by atoms with Gasteiger partial charge in [-0.2, -0.15) is 0 Å². The Hall–Kier alpha value is -0.770. The Bertz CT molecular complexity index is 193. The van der Waals surface area contributed by atoms with Crippen LogP contribution in [0.4, 0.5) is 0 Å². The highest BCUT2D eigenvalue weighted by atomic mass is 16.4. The summed E-state index contributed by atoms with van der Waals surface area (Å²) in [6, 6.07) is 0.521. The van der Waals surface area contributed by atoms with Crippen LogP contribution in [-0.2, 0) is 0 Å². The van der Waals surface area contributed by atoms with Gasteiger partial charge in [0.15, 0.2) is 0 Å². The molecule has 0 rings (SSSR count). The topological polar surface area (TPSA) is 61.8 Å². The summed E-state index contributed by atoms with van der Waals surface area (Å²) < 4.78 is 0. The van der Waals surface area contributed by atoms with E-state index in [1.165, 1.54) is 25.7 Å². The number of nitrogens with zero attached hydrogens (tertiary/aromatic N) is 2. The number of amidine groups is 1. The summed E-state index contributed by atoms with van der Waals surface area (Å²) >= 11 is 0. The molecule has 0 bridgehead atoms. The predicted octanol–water partition coefficient (Wildman–Crippen LogP) is 2.41. The van der Waals surface area contributed by atoms with Gasteiger partial charge in [0, 0.05) is 19.0 Å². The first-order chi connectivity index (χ1) is 7.61. The van der Waals surface area contributed by atoms with Crippen molar-refractivity contribution in [1.82, 2.24) is 4.90 Å². The lowest BCUT2D eigenvalue weighted by Crippen LogP contribution is -2.34. The van der Waals surface area contributed by atoms with Crippen molar-refractivity contribution in [3.8, 4) is 0 Å². The molecule has 4 nitrogen and oxygen atoms in total. The Kier molecular flexibility index (Phi) is 9.00. The van der Waals surface area contributed by atoms with E-state index < -0.39 is 0 Å². The van der Waals surface area contributed by atoms with Gasteiger partial charge in [0.2, 0.25) is 0 Å². The fraction of sp³-hybridized carbons (Fsp3) is 0.917. The van der Waals surface area contributed by atoms with Crippen LogP contribution < -0.4 is 5.73 Å². The van der Waals surface area contributed by atoms with Crippen LogP contribution in [0.25, 0.3) is 0 Å². The van der Waals surface area contributed by atoms with E-state index in [0.717, 1.165) is 13.1 Å². The van der Waals surface area contributed by atoms with Gasteiger partial charge in [0.1, 0.15) is 5.84 Å². The van der Waals surface area contributed by atoms with Crippen LogP contribution in [0.3, 0.4) is 0 Å². The molecular weight excluding hydrogens is 202 g/mol. The summed E-state index contributed by atoms with van der Waals surface area (Å²) in [7, 11) is 0. The summed E-state index contributed by atoms with van der Waals surface area (Å²) in [5.41, 5.74) is 5.47. The molecule has 0 fully saturated rings. The van der Waals surface area contributed by atoms with Gasteiger partial charge in [0.25, 0.3) is 0 Å². The smallest absolute Gasteiger partial charge is 0.140 e.